The molecule has 6 heteroatoms. The van der Waals surface area contributed by atoms with Crippen molar-refractivity contribution in [2.75, 3.05) is 31.6 Å². The van der Waals surface area contributed by atoms with Crippen molar-refractivity contribution in [3.8, 4) is 0 Å². The maximum absolute atomic E-state index is 13.8. The number of nitrogens with one attached hydrogen (secondary N) is 1. The molecule has 0 amide bonds. The van der Waals surface area contributed by atoms with Crippen molar-refractivity contribution in [1.82, 2.24) is 14.9 Å². The molecule has 21 heavy (non-hydrogen) atoms. The second kappa shape index (κ2) is 6.32. The lowest BCUT2D eigenvalue weighted by Crippen LogP contribution is -2.43. The second-order valence-electron chi connectivity index (χ2n) is 5.37. The quantitative estimate of drug-likeness (QED) is 0.896. The molecule has 1 fully saturated rings. The SMILES string of the molecule is OCCN1CCCC(Nc2ncnc3c(F)cccc23)C1. The van der Waals surface area contributed by atoms with Crippen LogP contribution in [0.1, 0.15) is 12.8 Å². The van der Waals surface area contributed by atoms with Crippen LogP contribution in [0.5, 0.6) is 0 Å². The van der Waals surface area contributed by atoms with E-state index in [-0.39, 0.29) is 18.5 Å². The van der Waals surface area contributed by atoms with Crippen LogP contribution in [0.2, 0.25) is 0 Å². The molecule has 1 saturated heterocycles. The first-order valence-electron chi connectivity index (χ1n) is 7.27. The van der Waals surface area contributed by atoms with Crippen LogP contribution in [-0.4, -0.2) is 52.3 Å². The fourth-order valence-corrected chi connectivity index (χ4v) is 2.88. The average molecular weight is 290 g/mol. The molecule has 1 atom stereocenters. The van der Waals surface area contributed by atoms with Gasteiger partial charge in [0, 0.05) is 24.5 Å². The van der Waals surface area contributed by atoms with Crippen LogP contribution in [0.4, 0.5) is 10.2 Å². The normalized spacial score (nSPS) is 19.8. The first-order chi connectivity index (χ1) is 10.3. The Kier molecular flexibility index (Phi) is 4.26. The lowest BCUT2D eigenvalue weighted by atomic mass is 10.1. The topological polar surface area (TPSA) is 61.3 Å². The molecule has 3 rings (SSSR count). The maximum Gasteiger partial charge on any atom is 0.149 e. The van der Waals surface area contributed by atoms with E-state index < -0.39 is 0 Å². The van der Waals surface area contributed by atoms with Gasteiger partial charge in [-0.2, -0.15) is 0 Å². The number of piperidine rings is 1. The van der Waals surface area contributed by atoms with Gasteiger partial charge in [-0.25, -0.2) is 14.4 Å². The zero-order chi connectivity index (χ0) is 14.7. The van der Waals surface area contributed by atoms with Gasteiger partial charge in [-0.05, 0) is 31.5 Å². The van der Waals surface area contributed by atoms with Gasteiger partial charge in [-0.3, -0.25) is 4.90 Å². The standard InChI is InChI=1S/C15H19FN4O/c16-13-5-1-4-12-14(13)17-10-18-15(12)19-11-3-2-6-20(9-11)7-8-21/h1,4-5,10-11,21H,2-3,6-9H2,(H,17,18,19). The summed E-state index contributed by atoms with van der Waals surface area (Å²) >= 11 is 0. The Bertz CT molecular complexity index is 620. The van der Waals surface area contributed by atoms with Crippen LogP contribution in [0.15, 0.2) is 24.5 Å². The summed E-state index contributed by atoms with van der Waals surface area (Å²) in [5, 5.41) is 13.1. The van der Waals surface area contributed by atoms with Crippen molar-refractivity contribution < 1.29 is 9.50 Å². The number of nitrogens with zero attached hydrogens (tertiary/aromatic N) is 3. The number of hydrogen-bond acceptors (Lipinski definition) is 5. The fourth-order valence-electron chi connectivity index (χ4n) is 2.88. The first-order valence-corrected chi connectivity index (χ1v) is 7.27. The van der Waals surface area contributed by atoms with E-state index in [0.29, 0.717) is 23.3 Å². The minimum absolute atomic E-state index is 0.175. The monoisotopic (exact) mass is 290 g/mol. The number of fused-ring (bicyclic) bond motifs is 1. The number of β-amino-alcohol motifs (C(OH)–C–C–N with tert-alkyl or cyclic N) is 1. The van der Waals surface area contributed by atoms with Gasteiger partial charge in [0.2, 0.25) is 0 Å². The van der Waals surface area contributed by atoms with Crippen LogP contribution in [0.3, 0.4) is 0 Å². The van der Waals surface area contributed by atoms with E-state index in [2.05, 4.69) is 20.2 Å². The average Bonchev–Trinajstić information content (AvgIpc) is 2.49. The molecular formula is C15H19FN4O. The summed E-state index contributed by atoms with van der Waals surface area (Å²) < 4.78 is 13.8. The number of aliphatic hydroxyl groups excluding tert-OH is 1. The molecule has 1 aromatic carbocycles. The molecule has 0 saturated carbocycles. The minimum Gasteiger partial charge on any atom is -0.395 e. The third kappa shape index (κ3) is 3.11. The summed E-state index contributed by atoms with van der Waals surface area (Å²) in [4.78, 5) is 10.5. The Morgan fingerprint density at radius 2 is 2.29 bits per heavy atom. The predicted octanol–water partition coefficient (Wildman–Crippen LogP) is 1.64. The van der Waals surface area contributed by atoms with Crippen molar-refractivity contribution in [3.05, 3.63) is 30.3 Å². The molecule has 112 valence electrons. The lowest BCUT2D eigenvalue weighted by molar-refractivity contribution is 0.166. The molecule has 0 spiro atoms. The van der Waals surface area contributed by atoms with Crippen molar-refractivity contribution in [2.24, 2.45) is 0 Å². The fraction of sp³-hybridized carbons (Fsp3) is 0.467. The van der Waals surface area contributed by atoms with E-state index in [4.69, 9.17) is 5.11 Å². The molecule has 1 unspecified atom stereocenters. The molecule has 2 aromatic rings. The van der Waals surface area contributed by atoms with E-state index in [1.807, 2.05) is 6.07 Å². The number of likely N-dealkylation sites (tertiary alicyclic amines) is 1. The number of anilines is 1. The van der Waals surface area contributed by atoms with E-state index in [1.54, 1.807) is 6.07 Å². The smallest absolute Gasteiger partial charge is 0.149 e. The zero-order valence-electron chi connectivity index (χ0n) is 11.8. The minimum atomic E-state index is -0.330. The van der Waals surface area contributed by atoms with Gasteiger partial charge in [-0.15, -0.1) is 0 Å². The maximum atomic E-state index is 13.8. The second-order valence-corrected chi connectivity index (χ2v) is 5.37. The summed E-state index contributed by atoms with van der Waals surface area (Å²) in [6.07, 6.45) is 3.51. The highest BCUT2D eigenvalue weighted by molar-refractivity contribution is 5.89. The number of aromatic nitrogens is 2. The number of halogens is 1. The molecule has 1 aliphatic rings. The summed E-state index contributed by atoms with van der Waals surface area (Å²) in [6, 6.07) is 5.16. The number of benzene rings is 1. The van der Waals surface area contributed by atoms with Crippen molar-refractivity contribution in [2.45, 2.75) is 18.9 Å². The highest BCUT2D eigenvalue weighted by Gasteiger charge is 2.20. The van der Waals surface area contributed by atoms with Crippen molar-refractivity contribution in [3.63, 3.8) is 0 Å². The van der Waals surface area contributed by atoms with E-state index in [0.717, 1.165) is 25.9 Å². The number of aliphatic hydroxyl groups is 1. The Morgan fingerprint density at radius 3 is 3.14 bits per heavy atom. The van der Waals surface area contributed by atoms with Crippen LogP contribution in [0.25, 0.3) is 10.9 Å². The molecular weight excluding hydrogens is 271 g/mol. The molecule has 2 N–H and O–H groups in total. The van der Waals surface area contributed by atoms with Gasteiger partial charge >= 0.3 is 0 Å². The Morgan fingerprint density at radius 1 is 1.38 bits per heavy atom. The van der Waals surface area contributed by atoms with Crippen molar-refractivity contribution >= 4 is 16.7 Å². The lowest BCUT2D eigenvalue weighted by Gasteiger charge is -2.33. The van der Waals surface area contributed by atoms with Crippen LogP contribution >= 0.6 is 0 Å². The van der Waals surface area contributed by atoms with Gasteiger partial charge in [0.05, 0.1) is 6.61 Å². The highest BCUT2D eigenvalue weighted by atomic mass is 19.1. The summed E-state index contributed by atoms with van der Waals surface area (Å²) in [7, 11) is 0. The zero-order valence-corrected chi connectivity index (χ0v) is 11.8. The summed E-state index contributed by atoms with van der Waals surface area (Å²) in [5.41, 5.74) is 0.345. The Hall–Kier alpha value is -1.79. The number of para-hydroxylation sites is 1. The van der Waals surface area contributed by atoms with Crippen LogP contribution < -0.4 is 5.32 Å². The third-order valence-corrected chi connectivity index (χ3v) is 3.88. The van der Waals surface area contributed by atoms with Gasteiger partial charge in [0.1, 0.15) is 23.5 Å². The Labute approximate surface area is 122 Å². The van der Waals surface area contributed by atoms with Gasteiger partial charge in [-0.1, -0.05) is 6.07 Å². The predicted molar refractivity (Wildman–Crippen MR) is 79.7 cm³/mol. The largest absolute Gasteiger partial charge is 0.395 e. The summed E-state index contributed by atoms with van der Waals surface area (Å²) in [5.74, 6) is 0.346. The van der Waals surface area contributed by atoms with Gasteiger partial charge in [0.15, 0.2) is 0 Å². The molecule has 1 aromatic heterocycles. The van der Waals surface area contributed by atoms with Crippen LogP contribution in [-0.2, 0) is 0 Å². The van der Waals surface area contributed by atoms with E-state index in [1.165, 1.54) is 12.4 Å². The Balaban J connectivity index is 1.80. The van der Waals surface area contributed by atoms with Gasteiger partial charge < -0.3 is 10.4 Å². The van der Waals surface area contributed by atoms with Crippen molar-refractivity contribution in [1.29, 1.82) is 0 Å². The molecule has 0 bridgehead atoms. The first kappa shape index (κ1) is 14.2. The molecule has 0 aliphatic carbocycles. The highest BCUT2D eigenvalue weighted by Crippen LogP contribution is 2.23. The third-order valence-electron chi connectivity index (χ3n) is 3.88. The summed E-state index contributed by atoms with van der Waals surface area (Å²) in [6.45, 7) is 2.74. The van der Waals surface area contributed by atoms with E-state index >= 15 is 0 Å². The molecule has 5 nitrogen and oxygen atoms in total. The molecule has 0 radical (unpaired) electrons. The number of rotatable bonds is 4. The van der Waals surface area contributed by atoms with E-state index in [9.17, 15) is 4.39 Å². The number of hydrogen-bond donors (Lipinski definition) is 2. The van der Waals surface area contributed by atoms with Crippen LogP contribution in [0, 0.1) is 5.82 Å². The van der Waals surface area contributed by atoms with Gasteiger partial charge in [0.25, 0.3) is 0 Å². The molecule has 1 aliphatic heterocycles. The molecule has 2 heterocycles.